The third-order valence-corrected chi connectivity index (χ3v) is 5.02. The summed E-state index contributed by atoms with van der Waals surface area (Å²) in [7, 11) is 1.59. The van der Waals surface area contributed by atoms with Gasteiger partial charge in [0.1, 0.15) is 23.0 Å². The zero-order valence-electron chi connectivity index (χ0n) is 21.4. The molecule has 12 nitrogen and oxygen atoms in total. The van der Waals surface area contributed by atoms with E-state index in [1.807, 2.05) is 20.8 Å². The highest BCUT2D eigenvalue weighted by Gasteiger charge is 2.23. The van der Waals surface area contributed by atoms with Crippen molar-refractivity contribution in [3.8, 4) is 0 Å². The fourth-order valence-corrected chi connectivity index (χ4v) is 3.30. The number of likely N-dealkylation sites (tertiary alicyclic amines) is 1. The molecule has 196 valence electrons. The van der Waals surface area contributed by atoms with Crippen molar-refractivity contribution in [1.29, 1.82) is 0 Å². The average Bonchev–Trinajstić information content (AvgIpc) is 2.84. The highest BCUT2D eigenvalue weighted by molar-refractivity contribution is 6.12. The number of carbonyl (C=O) groups excluding carboxylic acids is 2. The second kappa shape index (κ2) is 13.3. The van der Waals surface area contributed by atoms with Crippen molar-refractivity contribution in [1.82, 2.24) is 19.9 Å². The molecular weight excluding hydrogens is 464 g/mol. The maximum absolute atomic E-state index is 11.7. The lowest BCUT2D eigenvalue weighted by Crippen LogP contribution is -2.39. The van der Waals surface area contributed by atoms with Crippen LogP contribution in [0.15, 0.2) is 23.6 Å². The Balaban J connectivity index is 0.000000297. The van der Waals surface area contributed by atoms with E-state index >= 15 is 0 Å². The smallest absolute Gasteiger partial charge is 0.410 e. The standard InChI is InChI=1S/C14H17N7O2.C10H19NO2/c1-23-3-2-18-6-8(5-15)10-4-9(14(17)22)11-12(21-10)13(16)20-7-19-11;1-10(2,3)13-9(12)11-7-5-4-6-8-11/h4-7H,2-3,15H2,1H3,(H2,17,22)(H2,16,19,20);4-8H2,1-3H3/b8-5+,18-6?;. The lowest BCUT2D eigenvalue weighted by molar-refractivity contribution is 0.0216. The predicted molar refractivity (Wildman–Crippen MR) is 139 cm³/mol. The summed E-state index contributed by atoms with van der Waals surface area (Å²) in [4.78, 5) is 41.4. The van der Waals surface area contributed by atoms with Crippen molar-refractivity contribution in [2.45, 2.75) is 45.6 Å². The van der Waals surface area contributed by atoms with Crippen LogP contribution < -0.4 is 17.2 Å². The fraction of sp³-hybridized carbons (Fsp3) is 0.500. The molecule has 6 N–H and O–H groups in total. The van der Waals surface area contributed by atoms with Crippen molar-refractivity contribution in [2.24, 2.45) is 16.5 Å². The summed E-state index contributed by atoms with van der Waals surface area (Å²) in [5, 5.41) is 0. The molecule has 36 heavy (non-hydrogen) atoms. The number of methoxy groups -OCH3 is 1. The van der Waals surface area contributed by atoms with Gasteiger partial charge in [0, 0.05) is 38.2 Å². The summed E-state index contributed by atoms with van der Waals surface area (Å²) in [6.07, 6.45) is 7.41. The van der Waals surface area contributed by atoms with Crippen LogP contribution in [0, 0.1) is 0 Å². The minimum Gasteiger partial charge on any atom is -0.444 e. The predicted octanol–water partition coefficient (Wildman–Crippen LogP) is 2.13. The molecule has 2 aromatic heterocycles. The first-order valence-electron chi connectivity index (χ1n) is 11.7. The number of rotatable bonds is 6. The average molecular weight is 501 g/mol. The van der Waals surface area contributed by atoms with Crippen molar-refractivity contribution in [2.75, 3.05) is 39.1 Å². The van der Waals surface area contributed by atoms with E-state index in [-0.39, 0.29) is 28.6 Å². The number of aromatic nitrogens is 3. The molecule has 1 fully saturated rings. The first kappa shape index (κ1) is 28.4. The lowest BCUT2D eigenvalue weighted by Gasteiger charge is -2.29. The van der Waals surface area contributed by atoms with E-state index in [1.54, 1.807) is 12.0 Å². The first-order valence-corrected chi connectivity index (χ1v) is 11.7. The molecule has 0 unspecified atom stereocenters. The topological polar surface area (TPSA) is 185 Å². The molecule has 3 rings (SSSR count). The van der Waals surface area contributed by atoms with Crippen LogP contribution in [0.25, 0.3) is 16.6 Å². The van der Waals surface area contributed by atoms with E-state index < -0.39 is 5.91 Å². The monoisotopic (exact) mass is 500 g/mol. The van der Waals surface area contributed by atoms with Crippen LogP contribution in [0.3, 0.4) is 0 Å². The van der Waals surface area contributed by atoms with Gasteiger partial charge in [-0.05, 0) is 46.1 Å². The third-order valence-electron chi connectivity index (χ3n) is 5.02. The van der Waals surface area contributed by atoms with Crippen LogP contribution in [0.5, 0.6) is 0 Å². The molecule has 2 amide bonds. The zero-order chi connectivity index (χ0) is 26.7. The Morgan fingerprint density at radius 2 is 1.86 bits per heavy atom. The van der Waals surface area contributed by atoms with Crippen LogP contribution in [-0.2, 0) is 9.47 Å². The molecule has 3 heterocycles. The number of anilines is 1. The van der Waals surface area contributed by atoms with Crippen LogP contribution in [0.2, 0.25) is 0 Å². The number of nitrogen functional groups attached to an aromatic ring is 1. The van der Waals surface area contributed by atoms with Gasteiger partial charge in [-0.1, -0.05) is 0 Å². The Morgan fingerprint density at radius 1 is 1.17 bits per heavy atom. The van der Waals surface area contributed by atoms with Crippen LogP contribution in [0.1, 0.15) is 56.1 Å². The summed E-state index contributed by atoms with van der Waals surface area (Å²) in [6, 6.07) is 1.50. The summed E-state index contributed by atoms with van der Waals surface area (Å²) >= 11 is 0. The van der Waals surface area contributed by atoms with Gasteiger partial charge in [-0.25, -0.2) is 19.7 Å². The van der Waals surface area contributed by atoms with Gasteiger partial charge in [0.2, 0.25) is 0 Å². The summed E-state index contributed by atoms with van der Waals surface area (Å²) in [6.45, 7) is 8.35. The fourth-order valence-electron chi connectivity index (χ4n) is 3.30. The van der Waals surface area contributed by atoms with Crippen LogP contribution in [0.4, 0.5) is 10.6 Å². The van der Waals surface area contributed by atoms with Crippen molar-refractivity contribution >= 4 is 40.6 Å². The van der Waals surface area contributed by atoms with E-state index in [2.05, 4.69) is 19.9 Å². The molecule has 0 aromatic carbocycles. The second-order valence-corrected chi connectivity index (χ2v) is 9.05. The normalized spacial score (nSPS) is 14.4. The van der Waals surface area contributed by atoms with E-state index in [1.165, 1.54) is 31.2 Å². The Labute approximate surface area is 211 Å². The summed E-state index contributed by atoms with van der Waals surface area (Å²) in [5.41, 5.74) is 18.1. The van der Waals surface area contributed by atoms with E-state index in [9.17, 15) is 9.59 Å². The number of aliphatic imine (C=N–C) groups is 1. The number of pyridine rings is 1. The number of nitrogens with zero attached hydrogens (tertiary/aromatic N) is 5. The Morgan fingerprint density at radius 3 is 2.44 bits per heavy atom. The molecule has 12 heteroatoms. The van der Waals surface area contributed by atoms with Gasteiger partial charge in [-0.15, -0.1) is 0 Å². The van der Waals surface area contributed by atoms with Gasteiger partial charge in [-0.3, -0.25) is 9.79 Å². The number of fused-ring (bicyclic) bond motifs is 1. The SMILES string of the molecule is CC(C)(C)OC(=O)N1CCCCC1.COCCN=C/C(=C\N)c1cc(C(N)=O)c2ncnc(N)c2n1. The number of nitrogens with two attached hydrogens (primary N) is 3. The molecule has 1 aliphatic heterocycles. The number of piperidine rings is 1. The quantitative estimate of drug-likeness (QED) is 0.394. The Bertz CT molecular complexity index is 1110. The van der Waals surface area contributed by atoms with Gasteiger partial charge >= 0.3 is 6.09 Å². The Hall–Kier alpha value is -3.80. The number of ether oxygens (including phenoxy) is 2. The number of allylic oxidation sites excluding steroid dienone is 1. The molecule has 0 aliphatic carbocycles. The molecule has 2 aromatic rings. The number of hydrogen-bond acceptors (Lipinski definition) is 10. The van der Waals surface area contributed by atoms with Crippen molar-refractivity contribution < 1.29 is 19.1 Å². The number of hydrogen-bond donors (Lipinski definition) is 3. The Kier molecular flexibility index (Phi) is 10.5. The van der Waals surface area contributed by atoms with Crippen LogP contribution in [-0.4, -0.2) is 77.0 Å². The third kappa shape index (κ3) is 8.45. The van der Waals surface area contributed by atoms with E-state index in [0.717, 1.165) is 25.9 Å². The molecule has 0 atom stereocenters. The van der Waals surface area contributed by atoms with Crippen LogP contribution >= 0.6 is 0 Å². The number of primary amides is 1. The molecule has 0 bridgehead atoms. The minimum absolute atomic E-state index is 0.145. The van der Waals surface area contributed by atoms with Crippen molar-refractivity contribution in [3.05, 3.63) is 29.9 Å². The molecule has 1 saturated heterocycles. The summed E-state index contributed by atoms with van der Waals surface area (Å²) < 4.78 is 10.2. The van der Waals surface area contributed by atoms with Gasteiger partial charge in [-0.2, -0.15) is 0 Å². The molecular formula is C24H36N8O4. The summed E-state index contributed by atoms with van der Waals surface area (Å²) in [5.74, 6) is -0.503. The molecule has 1 aliphatic rings. The van der Waals surface area contributed by atoms with Gasteiger partial charge in [0.05, 0.1) is 24.4 Å². The molecule has 0 saturated carbocycles. The van der Waals surface area contributed by atoms with Gasteiger partial charge in [0.15, 0.2) is 5.82 Å². The minimum atomic E-state index is -0.649. The number of amides is 2. The van der Waals surface area contributed by atoms with Gasteiger partial charge in [0.25, 0.3) is 5.91 Å². The largest absolute Gasteiger partial charge is 0.444 e. The maximum Gasteiger partial charge on any atom is 0.410 e. The molecule has 0 radical (unpaired) electrons. The number of carbonyl (C=O) groups is 2. The maximum atomic E-state index is 11.7. The van der Waals surface area contributed by atoms with Crippen molar-refractivity contribution in [3.63, 3.8) is 0 Å². The first-order chi connectivity index (χ1) is 17.1. The second-order valence-electron chi connectivity index (χ2n) is 9.05. The van der Waals surface area contributed by atoms with E-state index in [4.69, 9.17) is 26.7 Å². The lowest BCUT2D eigenvalue weighted by atomic mass is 10.1. The highest BCUT2D eigenvalue weighted by atomic mass is 16.6. The zero-order valence-corrected chi connectivity index (χ0v) is 21.4. The van der Waals surface area contributed by atoms with E-state index in [0.29, 0.717) is 29.9 Å². The highest BCUT2D eigenvalue weighted by Crippen LogP contribution is 2.22. The molecule has 0 spiro atoms. The van der Waals surface area contributed by atoms with Gasteiger partial charge < -0.3 is 31.6 Å².